The summed E-state index contributed by atoms with van der Waals surface area (Å²) in [5.74, 6) is 0.772. The molecule has 2 aromatic carbocycles. The lowest BCUT2D eigenvalue weighted by atomic mass is 10.2. The van der Waals surface area contributed by atoms with Crippen LogP contribution in [0.4, 0.5) is 10.5 Å². The van der Waals surface area contributed by atoms with E-state index in [1.807, 2.05) is 29.2 Å². The van der Waals surface area contributed by atoms with Gasteiger partial charge in [-0.2, -0.15) is 0 Å². The summed E-state index contributed by atoms with van der Waals surface area (Å²) in [6, 6.07) is 18.5. The van der Waals surface area contributed by atoms with Gasteiger partial charge in [-0.25, -0.2) is 4.79 Å². The molecule has 176 valence electrons. The standard InChI is InChI=1S/C25H32N6O.HI/c1-26-24(27-13-7-16-30-17-12-21-9-2-3-11-23(21)30)28-19-20-8-6-10-22(18-20)29-25(32)31-14-4-5-15-31;/h2-3,6,8-12,17-18H,4-5,7,13-16,19H2,1H3,(H,29,32)(H2,26,27,28);1H. The zero-order valence-corrected chi connectivity index (χ0v) is 21.4. The minimum Gasteiger partial charge on any atom is -0.356 e. The second-order valence-electron chi connectivity index (χ2n) is 8.10. The number of aliphatic imine (C=N–C) groups is 1. The summed E-state index contributed by atoms with van der Waals surface area (Å²) in [4.78, 5) is 18.5. The van der Waals surface area contributed by atoms with E-state index in [1.165, 1.54) is 10.9 Å². The second kappa shape index (κ2) is 12.5. The topological polar surface area (TPSA) is 73.7 Å². The number of nitrogens with zero attached hydrogens (tertiary/aromatic N) is 3. The molecule has 0 unspecified atom stereocenters. The molecule has 1 saturated heterocycles. The molecule has 0 atom stereocenters. The van der Waals surface area contributed by atoms with Gasteiger partial charge in [-0.3, -0.25) is 4.99 Å². The van der Waals surface area contributed by atoms with E-state index in [-0.39, 0.29) is 30.0 Å². The predicted molar refractivity (Wildman–Crippen MR) is 146 cm³/mol. The molecule has 3 N–H and O–H groups in total. The van der Waals surface area contributed by atoms with E-state index < -0.39 is 0 Å². The largest absolute Gasteiger partial charge is 0.356 e. The fraction of sp³-hybridized carbons (Fsp3) is 0.360. The highest BCUT2D eigenvalue weighted by Crippen LogP contribution is 2.16. The van der Waals surface area contributed by atoms with Crippen molar-refractivity contribution in [2.75, 3.05) is 32.0 Å². The highest BCUT2D eigenvalue weighted by atomic mass is 127. The Kier molecular flexibility index (Phi) is 9.41. The smallest absolute Gasteiger partial charge is 0.321 e. The number of carbonyl (C=O) groups excluding carboxylic acids is 1. The van der Waals surface area contributed by atoms with Crippen LogP contribution in [0.3, 0.4) is 0 Å². The first-order chi connectivity index (χ1) is 15.7. The minimum absolute atomic E-state index is 0. The van der Waals surface area contributed by atoms with E-state index >= 15 is 0 Å². The normalized spacial score (nSPS) is 13.6. The molecule has 1 fully saturated rings. The Hall–Kier alpha value is -2.75. The molecule has 7 nitrogen and oxygen atoms in total. The molecule has 33 heavy (non-hydrogen) atoms. The molecule has 8 heteroatoms. The van der Waals surface area contributed by atoms with Crippen molar-refractivity contribution < 1.29 is 4.79 Å². The van der Waals surface area contributed by atoms with Crippen LogP contribution in [0.15, 0.2) is 65.8 Å². The number of carbonyl (C=O) groups is 1. The number of nitrogens with one attached hydrogen (secondary N) is 3. The zero-order chi connectivity index (χ0) is 22.2. The Morgan fingerprint density at radius 3 is 2.67 bits per heavy atom. The molecule has 1 aliphatic rings. The van der Waals surface area contributed by atoms with Crippen LogP contribution in [0, 0.1) is 0 Å². The lowest BCUT2D eigenvalue weighted by molar-refractivity contribution is 0.222. The first kappa shape index (κ1) is 24.9. The van der Waals surface area contributed by atoms with Crippen LogP contribution in [-0.2, 0) is 13.1 Å². The first-order valence-electron chi connectivity index (χ1n) is 11.4. The van der Waals surface area contributed by atoms with Crippen LogP contribution in [0.25, 0.3) is 10.9 Å². The van der Waals surface area contributed by atoms with Gasteiger partial charge in [-0.15, -0.1) is 24.0 Å². The van der Waals surface area contributed by atoms with Crippen molar-refractivity contribution in [1.82, 2.24) is 20.1 Å². The van der Waals surface area contributed by atoms with Crippen molar-refractivity contribution in [2.24, 2.45) is 4.99 Å². The summed E-state index contributed by atoms with van der Waals surface area (Å²) in [5, 5.41) is 11.0. The summed E-state index contributed by atoms with van der Waals surface area (Å²) in [7, 11) is 1.78. The Bertz CT molecular complexity index is 1070. The second-order valence-corrected chi connectivity index (χ2v) is 8.10. The quantitative estimate of drug-likeness (QED) is 0.171. The number of aromatic nitrogens is 1. The van der Waals surface area contributed by atoms with Crippen LogP contribution in [0.5, 0.6) is 0 Å². The van der Waals surface area contributed by atoms with Crippen molar-refractivity contribution in [3.05, 3.63) is 66.4 Å². The zero-order valence-electron chi connectivity index (χ0n) is 19.1. The molecule has 2 amide bonds. The maximum absolute atomic E-state index is 12.3. The van der Waals surface area contributed by atoms with Gasteiger partial charge in [-0.05, 0) is 54.5 Å². The van der Waals surface area contributed by atoms with Crippen molar-refractivity contribution in [1.29, 1.82) is 0 Å². The van der Waals surface area contributed by atoms with E-state index in [0.717, 1.165) is 62.7 Å². The van der Waals surface area contributed by atoms with Crippen molar-refractivity contribution >= 4 is 52.6 Å². The molecule has 0 radical (unpaired) electrons. The molecule has 0 bridgehead atoms. The Morgan fingerprint density at radius 2 is 1.85 bits per heavy atom. The fourth-order valence-corrected chi connectivity index (χ4v) is 4.08. The van der Waals surface area contributed by atoms with Gasteiger partial charge in [0.05, 0.1) is 0 Å². The SMILES string of the molecule is CN=C(NCCCn1ccc2ccccc21)NCc1cccc(NC(=O)N2CCCC2)c1.I. The number of para-hydroxylation sites is 1. The number of benzene rings is 2. The lowest BCUT2D eigenvalue weighted by Gasteiger charge is -2.17. The van der Waals surface area contributed by atoms with Crippen molar-refractivity contribution in [3.63, 3.8) is 0 Å². The van der Waals surface area contributed by atoms with Gasteiger partial charge in [0.15, 0.2) is 5.96 Å². The number of likely N-dealkylation sites (tertiary alicyclic amines) is 1. The van der Waals surface area contributed by atoms with E-state index in [0.29, 0.717) is 6.54 Å². The molecule has 0 saturated carbocycles. The Morgan fingerprint density at radius 1 is 1.03 bits per heavy atom. The summed E-state index contributed by atoms with van der Waals surface area (Å²) in [6.07, 6.45) is 5.32. The number of rotatable bonds is 7. The monoisotopic (exact) mass is 560 g/mol. The predicted octanol–water partition coefficient (Wildman–Crippen LogP) is 4.64. The summed E-state index contributed by atoms with van der Waals surface area (Å²) < 4.78 is 2.29. The van der Waals surface area contributed by atoms with Crippen molar-refractivity contribution in [3.8, 4) is 0 Å². The Labute approximate surface area is 212 Å². The third-order valence-corrected chi connectivity index (χ3v) is 5.80. The third kappa shape index (κ3) is 6.86. The van der Waals surface area contributed by atoms with Crippen LogP contribution in [-0.4, -0.2) is 48.1 Å². The molecule has 4 rings (SSSR count). The van der Waals surface area contributed by atoms with Gasteiger partial charge in [0.25, 0.3) is 0 Å². The van der Waals surface area contributed by atoms with E-state index in [2.05, 4.69) is 62.0 Å². The number of amides is 2. The minimum atomic E-state index is -0.0134. The molecule has 1 aromatic heterocycles. The van der Waals surface area contributed by atoms with Crippen LogP contribution in [0.2, 0.25) is 0 Å². The summed E-state index contributed by atoms with van der Waals surface area (Å²) in [6.45, 7) is 4.11. The molecular weight excluding hydrogens is 527 g/mol. The van der Waals surface area contributed by atoms with E-state index in [4.69, 9.17) is 0 Å². The van der Waals surface area contributed by atoms with Gasteiger partial charge in [0.2, 0.25) is 0 Å². The number of urea groups is 1. The summed E-state index contributed by atoms with van der Waals surface area (Å²) >= 11 is 0. The average molecular weight is 560 g/mol. The van der Waals surface area contributed by atoms with Gasteiger partial charge in [0, 0.05) is 57.2 Å². The van der Waals surface area contributed by atoms with Crippen LogP contribution < -0.4 is 16.0 Å². The number of hydrogen-bond acceptors (Lipinski definition) is 2. The first-order valence-corrected chi connectivity index (χ1v) is 11.4. The molecule has 0 aliphatic carbocycles. The number of aryl methyl sites for hydroxylation is 1. The number of fused-ring (bicyclic) bond motifs is 1. The maximum atomic E-state index is 12.3. The van der Waals surface area contributed by atoms with Crippen LogP contribution in [0.1, 0.15) is 24.8 Å². The lowest BCUT2D eigenvalue weighted by Crippen LogP contribution is -2.37. The molecule has 3 aromatic rings. The number of guanidine groups is 1. The van der Waals surface area contributed by atoms with E-state index in [9.17, 15) is 4.79 Å². The molecule has 2 heterocycles. The van der Waals surface area contributed by atoms with Gasteiger partial charge >= 0.3 is 6.03 Å². The average Bonchev–Trinajstić information content (AvgIpc) is 3.50. The fourth-order valence-electron chi connectivity index (χ4n) is 4.08. The van der Waals surface area contributed by atoms with Crippen LogP contribution >= 0.6 is 24.0 Å². The third-order valence-electron chi connectivity index (χ3n) is 5.80. The number of halogens is 1. The van der Waals surface area contributed by atoms with Gasteiger partial charge < -0.3 is 25.4 Å². The highest BCUT2D eigenvalue weighted by Gasteiger charge is 2.17. The molecule has 1 aliphatic heterocycles. The summed E-state index contributed by atoms with van der Waals surface area (Å²) in [5.41, 5.74) is 3.18. The van der Waals surface area contributed by atoms with E-state index in [1.54, 1.807) is 7.05 Å². The maximum Gasteiger partial charge on any atom is 0.321 e. The number of anilines is 1. The van der Waals surface area contributed by atoms with Gasteiger partial charge in [0.1, 0.15) is 0 Å². The molecular formula is C25H33IN6O. The van der Waals surface area contributed by atoms with Gasteiger partial charge in [-0.1, -0.05) is 30.3 Å². The highest BCUT2D eigenvalue weighted by molar-refractivity contribution is 14.0. The molecule has 0 spiro atoms. The van der Waals surface area contributed by atoms with Crippen molar-refractivity contribution in [2.45, 2.75) is 32.4 Å². The Balaban J connectivity index is 0.00000306. The number of hydrogen-bond donors (Lipinski definition) is 3.